The summed E-state index contributed by atoms with van der Waals surface area (Å²) in [6.07, 6.45) is 4.26. The molecule has 1 aliphatic heterocycles. The first-order valence-corrected chi connectivity index (χ1v) is 10.5. The quantitative estimate of drug-likeness (QED) is 0.811. The van der Waals surface area contributed by atoms with Gasteiger partial charge in [-0.25, -0.2) is 4.39 Å². The normalized spacial score (nSPS) is 26.7. The van der Waals surface area contributed by atoms with E-state index in [1.807, 2.05) is 36.1 Å². The summed E-state index contributed by atoms with van der Waals surface area (Å²) in [5.41, 5.74) is 0.642. The number of piperidine rings is 1. The summed E-state index contributed by atoms with van der Waals surface area (Å²) >= 11 is 0. The largest absolute Gasteiger partial charge is 0.494 e. The summed E-state index contributed by atoms with van der Waals surface area (Å²) in [5, 5.41) is 11.4. The van der Waals surface area contributed by atoms with Gasteiger partial charge >= 0.3 is 0 Å². The van der Waals surface area contributed by atoms with Crippen LogP contribution in [0.1, 0.15) is 61.0 Å². The molecule has 0 spiro atoms. The number of rotatable bonds is 4. The Balaban J connectivity index is 1.77. The topological polar surface area (TPSA) is 49.8 Å². The standard InChI is InChI=1S/C24H28FNO3/c1-2-29-21-9-4-3-7-19(21)22-20-8-5-6-14-24(20,28)15-16-26(22)23(27)17-10-12-18(25)13-11-17/h3-4,7,9-13,20,22,28H,2,5-6,8,14-16H2,1H3. The summed E-state index contributed by atoms with van der Waals surface area (Å²) in [6, 6.07) is 13.2. The third-order valence-electron chi connectivity index (χ3n) is 6.46. The van der Waals surface area contributed by atoms with E-state index in [0.717, 1.165) is 37.0 Å². The second-order valence-corrected chi connectivity index (χ2v) is 8.13. The Labute approximate surface area is 171 Å². The second kappa shape index (κ2) is 8.15. The van der Waals surface area contributed by atoms with Crippen molar-refractivity contribution in [2.45, 2.75) is 50.7 Å². The van der Waals surface area contributed by atoms with Crippen LogP contribution in [0.5, 0.6) is 5.75 Å². The molecule has 2 aromatic carbocycles. The number of carbonyl (C=O) groups is 1. The van der Waals surface area contributed by atoms with Crippen LogP contribution in [-0.4, -0.2) is 34.7 Å². The summed E-state index contributed by atoms with van der Waals surface area (Å²) < 4.78 is 19.3. The maximum absolute atomic E-state index is 13.4. The molecule has 0 bridgehead atoms. The smallest absolute Gasteiger partial charge is 0.254 e. The van der Waals surface area contributed by atoms with E-state index in [4.69, 9.17) is 4.74 Å². The molecule has 1 amide bonds. The summed E-state index contributed by atoms with van der Waals surface area (Å²) in [7, 11) is 0. The number of aliphatic hydroxyl groups is 1. The van der Waals surface area contributed by atoms with Crippen LogP contribution in [0.3, 0.4) is 0 Å². The number of hydrogen-bond acceptors (Lipinski definition) is 3. The lowest BCUT2D eigenvalue weighted by molar-refractivity contribution is -0.115. The first-order valence-electron chi connectivity index (χ1n) is 10.5. The summed E-state index contributed by atoms with van der Waals surface area (Å²) in [4.78, 5) is 15.3. The number of benzene rings is 2. The lowest BCUT2D eigenvalue weighted by Gasteiger charge is -2.52. The number of likely N-dealkylation sites (tertiary alicyclic amines) is 1. The van der Waals surface area contributed by atoms with Crippen LogP contribution < -0.4 is 4.74 Å². The minimum absolute atomic E-state index is 0.0454. The highest BCUT2D eigenvalue weighted by Gasteiger charge is 2.50. The zero-order valence-corrected chi connectivity index (χ0v) is 16.8. The fraction of sp³-hybridized carbons (Fsp3) is 0.458. The molecule has 154 valence electrons. The first-order chi connectivity index (χ1) is 14.0. The van der Waals surface area contributed by atoms with Gasteiger partial charge in [-0.1, -0.05) is 31.0 Å². The van der Waals surface area contributed by atoms with Gasteiger partial charge in [-0.2, -0.15) is 0 Å². The Kier molecular flexibility index (Phi) is 5.59. The molecule has 29 heavy (non-hydrogen) atoms. The third-order valence-corrected chi connectivity index (χ3v) is 6.46. The Morgan fingerprint density at radius 3 is 2.69 bits per heavy atom. The number of amides is 1. The highest BCUT2D eigenvalue weighted by molar-refractivity contribution is 5.94. The summed E-state index contributed by atoms with van der Waals surface area (Å²) in [5.74, 6) is 0.219. The van der Waals surface area contributed by atoms with Gasteiger partial charge in [-0.3, -0.25) is 4.79 Å². The van der Waals surface area contributed by atoms with Crippen LogP contribution in [0.25, 0.3) is 0 Å². The van der Waals surface area contributed by atoms with Gasteiger partial charge < -0.3 is 14.7 Å². The average Bonchev–Trinajstić information content (AvgIpc) is 2.73. The molecule has 1 aliphatic carbocycles. The van der Waals surface area contributed by atoms with Gasteiger partial charge in [0.2, 0.25) is 0 Å². The Morgan fingerprint density at radius 1 is 1.17 bits per heavy atom. The number of nitrogens with zero attached hydrogens (tertiary/aromatic N) is 1. The minimum Gasteiger partial charge on any atom is -0.494 e. The van der Waals surface area contributed by atoms with Crippen molar-refractivity contribution in [3.05, 3.63) is 65.5 Å². The molecule has 0 radical (unpaired) electrons. The van der Waals surface area contributed by atoms with Gasteiger partial charge in [0.1, 0.15) is 11.6 Å². The van der Waals surface area contributed by atoms with Crippen molar-refractivity contribution >= 4 is 5.91 Å². The molecule has 2 aliphatic rings. The van der Waals surface area contributed by atoms with Gasteiger partial charge in [0.05, 0.1) is 18.2 Å². The van der Waals surface area contributed by atoms with E-state index in [9.17, 15) is 14.3 Å². The number of fused-ring (bicyclic) bond motifs is 1. The number of halogens is 1. The molecule has 1 N–H and O–H groups in total. The van der Waals surface area contributed by atoms with Crippen molar-refractivity contribution in [3.63, 3.8) is 0 Å². The van der Waals surface area contributed by atoms with E-state index in [1.54, 1.807) is 0 Å². The Bertz CT molecular complexity index is 869. The zero-order chi connectivity index (χ0) is 20.4. The number of ether oxygens (including phenoxy) is 1. The number of hydrogen-bond donors (Lipinski definition) is 1. The van der Waals surface area contributed by atoms with Gasteiger partial charge in [-0.05, 0) is 56.5 Å². The second-order valence-electron chi connectivity index (χ2n) is 8.13. The SMILES string of the molecule is CCOc1ccccc1C1C2CCCCC2(O)CCN1C(=O)c1ccc(F)cc1. The lowest BCUT2D eigenvalue weighted by atomic mass is 9.66. The molecular weight excluding hydrogens is 369 g/mol. The van der Waals surface area contributed by atoms with E-state index in [1.165, 1.54) is 24.3 Å². The maximum atomic E-state index is 13.4. The lowest BCUT2D eigenvalue weighted by Crippen LogP contribution is -2.56. The highest BCUT2D eigenvalue weighted by Crippen LogP contribution is 2.51. The van der Waals surface area contributed by atoms with Crippen LogP contribution in [-0.2, 0) is 0 Å². The van der Waals surface area contributed by atoms with Crippen LogP contribution in [0.15, 0.2) is 48.5 Å². The Hall–Kier alpha value is -2.40. The monoisotopic (exact) mass is 397 g/mol. The van der Waals surface area contributed by atoms with Crippen molar-refractivity contribution in [2.75, 3.05) is 13.2 Å². The molecule has 1 saturated heterocycles. The molecule has 5 heteroatoms. The van der Waals surface area contributed by atoms with E-state index in [-0.39, 0.29) is 23.7 Å². The van der Waals surface area contributed by atoms with Crippen LogP contribution in [0, 0.1) is 11.7 Å². The molecule has 4 nitrogen and oxygen atoms in total. The first kappa shape index (κ1) is 19.9. The molecule has 3 unspecified atom stereocenters. The molecule has 0 aromatic heterocycles. The average molecular weight is 397 g/mol. The van der Waals surface area contributed by atoms with Crippen molar-refractivity contribution in [1.82, 2.24) is 4.90 Å². The predicted molar refractivity (Wildman–Crippen MR) is 109 cm³/mol. The predicted octanol–water partition coefficient (Wildman–Crippen LogP) is 4.73. The number of carbonyl (C=O) groups excluding carboxylic acids is 1. The van der Waals surface area contributed by atoms with E-state index >= 15 is 0 Å². The molecule has 3 atom stereocenters. The van der Waals surface area contributed by atoms with Crippen molar-refractivity contribution in [1.29, 1.82) is 0 Å². The van der Waals surface area contributed by atoms with Crippen LogP contribution in [0.4, 0.5) is 4.39 Å². The van der Waals surface area contributed by atoms with E-state index in [0.29, 0.717) is 25.1 Å². The zero-order valence-electron chi connectivity index (χ0n) is 16.8. The third kappa shape index (κ3) is 3.76. The minimum atomic E-state index is -0.762. The van der Waals surface area contributed by atoms with Crippen molar-refractivity contribution in [2.24, 2.45) is 5.92 Å². The van der Waals surface area contributed by atoms with Crippen LogP contribution >= 0.6 is 0 Å². The van der Waals surface area contributed by atoms with Gasteiger partial charge in [0.15, 0.2) is 0 Å². The van der Waals surface area contributed by atoms with Gasteiger partial charge in [0.25, 0.3) is 5.91 Å². The highest BCUT2D eigenvalue weighted by atomic mass is 19.1. The van der Waals surface area contributed by atoms with E-state index in [2.05, 4.69) is 0 Å². The molecule has 1 heterocycles. The van der Waals surface area contributed by atoms with Crippen molar-refractivity contribution in [3.8, 4) is 5.75 Å². The molecule has 2 fully saturated rings. The fourth-order valence-electron chi connectivity index (χ4n) is 5.06. The maximum Gasteiger partial charge on any atom is 0.254 e. The molecule has 1 saturated carbocycles. The number of para-hydroxylation sites is 1. The van der Waals surface area contributed by atoms with Gasteiger partial charge in [0, 0.05) is 23.6 Å². The Morgan fingerprint density at radius 2 is 1.93 bits per heavy atom. The molecule has 2 aromatic rings. The van der Waals surface area contributed by atoms with Gasteiger partial charge in [-0.15, -0.1) is 0 Å². The van der Waals surface area contributed by atoms with Crippen LogP contribution in [0.2, 0.25) is 0 Å². The molecular formula is C24H28FNO3. The van der Waals surface area contributed by atoms with Crippen molar-refractivity contribution < 1.29 is 19.0 Å². The fourth-order valence-corrected chi connectivity index (χ4v) is 5.06. The summed E-state index contributed by atoms with van der Waals surface area (Å²) in [6.45, 7) is 2.94. The molecule has 4 rings (SSSR count). The van der Waals surface area contributed by atoms with E-state index < -0.39 is 5.60 Å².